The summed E-state index contributed by atoms with van der Waals surface area (Å²) >= 11 is 0. The van der Waals surface area contributed by atoms with E-state index in [1.54, 1.807) is 11.0 Å². The van der Waals surface area contributed by atoms with Gasteiger partial charge in [-0.1, -0.05) is 37.3 Å². The van der Waals surface area contributed by atoms with Gasteiger partial charge < -0.3 is 24.2 Å². The predicted molar refractivity (Wildman–Crippen MR) is 134 cm³/mol. The molecule has 1 fully saturated rings. The minimum Gasteiger partial charge on any atom is -0.478 e. The van der Waals surface area contributed by atoms with Crippen LogP contribution in [0.5, 0.6) is 0 Å². The Balaban J connectivity index is 1.68. The van der Waals surface area contributed by atoms with Crippen molar-refractivity contribution in [1.29, 1.82) is 0 Å². The summed E-state index contributed by atoms with van der Waals surface area (Å²) < 4.78 is 7.15. The van der Waals surface area contributed by atoms with Crippen LogP contribution < -0.4 is 4.90 Å². The second kappa shape index (κ2) is 9.60. The molecule has 1 aromatic heterocycles. The van der Waals surface area contributed by atoms with Gasteiger partial charge in [-0.25, -0.2) is 14.6 Å². The maximum Gasteiger partial charge on any atom is 0.409 e. The van der Waals surface area contributed by atoms with E-state index in [1.165, 1.54) is 19.1 Å². The molecule has 8 nitrogen and oxygen atoms in total. The lowest BCUT2D eigenvalue weighted by Crippen LogP contribution is -2.36. The van der Waals surface area contributed by atoms with Crippen LogP contribution in [0.25, 0.3) is 11.0 Å². The summed E-state index contributed by atoms with van der Waals surface area (Å²) in [5, 5.41) is 10.1. The lowest BCUT2D eigenvalue weighted by atomic mass is 9.93. The first-order valence-electron chi connectivity index (χ1n) is 12.4. The van der Waals surface area contributed by atoms with Gasteiger partial charge in [0.1, 0.15) is 0 Å². The van der Waals surface area contributed by atoms with Crippen LogP contribution in [0.4, 0.5) is 10.7 Å². The molecule has 1 saturated heterocycles. The zero-order chi connectivity index (χ0) is 24.5. The summed E-state index contributed by atoms with van der Waals surface area (Å²) in [6, 6.07) is 12.2. The summed E-state index contributed by atoms with van der Waals surface area (Å²) in [5.74, 6) is 0.161. The maximum atomic E-state index is 12.3. The van der Waals surface area contributed by atoms with Gasteiger partial charge in [-0.3, -0.25) is 0 Å². The molecule has 3 aromatic rings. The number of aromatic carboxylic acids is 1. The van der Waals surface area contributed by atoms with Crippen LogP contribution in [-0.2, 0) is 24.2 Å². The molecule has 1 atom stereocenters. The number of imidazole rings is 1. The number of anilines is 1. The normalized spacial score (nSPS) is 16.7. The van der Waals surface area contributed by atoms with E-state index in [0.29, 0.717) is 31.6 Å². The Labute approximate surface area is 205 Å². The van der Waals surface area contributed by atoms with Crippen molar-refractivity contribution in [2.75, 3.05) is 31.6 Å². The number of hydrogen-bond acceptors (Lipinski definition) is 5. The van der Waals surface area contributed by atoms with E-state index in [-0.39, 0.29) is 5.92 Å². The molecule has 5 rings (SSSR count). The van der Waals surface area contributed by atoms with Crippen LogP contribution >= 0.6 is 0 Å². The van der Waals surface area contributed by atoms with Gasteiger partial charge in [0.25, 0.3) is 0 Å². The molecule has 184 valence electrons. The van der Waals surface area contributed by atoms with E-state index in [4.69, 9.17) is 9.72 Å². The Bertz CT molecular complexity index is 1250. The van der Waals surface area contributed by atoms with Crippen LogP contribution in [0.3, 0.4) is 0 Å². The first-order valence-corrected chi connectivity index (χ1v) is 12.4. The number of ether oxygens (including phenoxy) is 1. The Morgan fingerprint density at radius 3 is 2.51 bits per heavy atom. The van der Waals surface area contributed by atoms with Crippen molar-refractivity contribution in [2.24, 2.45) is 0 Å². The number of methoxy groups -OCH3 is 1. The minimum atomic E-state index is -0.946. The fourth-order valence-corrected chi connectivity index (χ4v) is 5.48. The molecule has 1 N–H and O–H groups in total. The highest BCUT2D eigenvalue weighted by atomic mass is 16.5. The molecule has 0 bridgehead atoms. The fraction of sp³-hybridized carbons (Fsp3) is 0.444. The molecule has 0 unspecified atom stereocenters. The zero-order valence-corrected chi connectivity index (χ0v) is 20.4. The first kappa shape index (κ1) is 23.2. The maximum absolute atomic E-state index is 12.3. The van der Waals surface area contributed by atoms with Gasteiger partial charge in [0.2, 0.25) is 5.95 Å². The van der Waals surface area contributed by atoms with Crippen LogP contribution in [0, 0.1) is 0 Å². The topological polar surface area (TPSA) is 87.9 Å². The van der Waals surface area contributed by atoms with Crippen LogP contribution in [0.2, 0.25) is 0 Å². The molecule has 2 aliphatic heterocycles. The summed E-state index contributed by atoms with van der Waals surface area (Å²) in [5.41, 5.74) is 4.73. The van der Waals surface area contributed by atoms with Crippen LogP contribution in [-0.4, -0.2) is 58.4 Å². The van der Waals surface area contributed by atoms with Crippen LogP contribution in [0.15, 0.2) is 36.4 Å². The predicted octanol–water partition coefficient (Wildman–Crippen LogP) is 4.65. The number of rotatable bonds is 5. The second-order valence-corrected chi connectivity index (χ2v) is 9.58. The Kier molecular flexibility index (Phi) is 6.36. The van der Waals surface area contributed by atoms with E-state index < -0.39 is 12.1 Å². The zero-order valence-electron chi connectivity index (χ0n) is 20.4. The average molecular weight is 477 g/mol. The first-order chi connectivity index (χ1) is 17.0. The van der Waals surface area contributed by atoms with Crippen molar-refractivity contribution >= 4 is 29.0 Å². The largest absolute Gasteiger partial charge is 0.478 e. The van der Waals surface area contributed by atoms with E-state index >= 15 is 0 Å². The molecule has 2 aromatic carbocycles. The molecular formula is C27H32N4O4. The molecule has 0 saturated carbocycles. The quantitative estimate of drug-likeness (QED) is 0.577. The van der Waals surface area contributed by atoms with Gasteiger partial charge in [-0.05, 0) is 48.8 Å². The lowest BCUT2D eigenvalue weighted by Gasteiger charge is -2.29. The number of carbonyl (C=O) groups excluding carboxylic acids is 1. The standard InChI is InChI=1S/C27H32N4O4/c1-18(19-9-5-3-6-10-19)16-31-23-15-21(25(32)33)20-11-14-30(27(34)35-2)17-22(20)24(23)28-26(31)29-12-7-4-8-13-29/h3,5-6,9-10,15,18H,4,7-8,11-14,16-17H2,1-2H3,(H,32,33)/t18-/m1/s1. The number of fused-ring (bicyclic) bond motifs is 3. The number of carbonyl (C=O) groups is 2. The molecule has 0 spiro atoms. The molecule has 0 radical (unpaired) electrons. The van der Waals surface area contributed by atoms with Crippen molar-refractivity contribution in [3.63, 3.8) is 0 Å². The van der Waals surface area contributed by atoms with Crippen LogP contribution in [0.1, 0.15) is 59.2 Å². The Morgan fingerprint density at radius 2 is 1.83 bits per heavy atom. The second-order valence-electron chi connectivity index (χ2n) is 9.58. The Hall–Kier alpha value is -3.55. The van der Waals surface area contributed by atoms with E-state index in [2.05, 4.69) is 28.5 Å². The summed E-state index contributed by atoms with van der Waals surface area (Å²) in [6.07, 6.45) is 3.51. The molecular weight excluding hydrogens is 444 g/mol. The molecule has 3 heterocycles. The molecule has 2 aliphatic rings. The molecule has 1 amide bonds. The number of nitrogens with zero attached hydrogens (tertiary/aromatic N) is 4. The fourth-order valence-electron chi connectivity index (χ4n) is 5.48. The van der Waals surface area contributed by atoms with E-state index in [1.807, 2.05) is 18.2 Å². The summed E-state index contributed by atoms with van der Waals surface area (Å²) in [7, 11) is 1.37. The number of carboxylic acid groups (broad SMARTS) is 1. The number of carboxylic acids is 1. The highest BCUT2D eigenvalue weighted by Crippen LogP contribution is 2.35. The van der Waals surface area contributed by atoms with Gasteiger partial charge in [0.05, 0.1) is 30.3 Å². The number of hydrogen-bond donors (Lipinski definition) is 1. The average Bonchev–Trinajstić information content (AvgIpc) is 3.26. The highest BCUT2D eigenvalue weighted by molar-refractivity contribution is 5.97. The van der Waals surface area contributed by atoms with Gasteiger partial charge >= 0.3 is 12.1 Å². The van der Waals surface area contributed by atoms with Crippen molar-refractivity contribution in [3.8, 4) is 0 Å². The summed E-state index contributed by atoms with van der Waals surface area (Å²) in [4.78, 5) is 33.7. The van der Waals surface area contributed by atoms with Gasteiger partial charge in [0.15, 0.2) is 0 Å². The number of piperidine rings is 1. The SMILES string of the molecule is COC(=O)N1CCc2c(C(=O)O)cc3c(nc(N4CCCCC4)n3C[C@@H](C)c3ccccc3)c2C1. The van der Waals surface area contributed by atoms with Crippen molar-refractivity contribution in [3.05, 3.63) is 58.7 Å². The molecule has 8 heteroatoms. The van der Waals surface area contributed by atoms with Gasteiger partial charge in [0, 0.05) is 31.7 Å². The van der Waals surface area contributed by atoms with E-state index in [0.717, 1.165) is 54.0 Å². The highest BCUT2D eigenvalue weighted by Gasteiger charge is 2.31. The van der Waals surface area contributed by atoms with Gasteiger partial charge in [-0.2, -0.15) is 0 Å². The number of amides is 1. The molecule has 0 aliphatic carbocycles. The van der Waals surface area contributed by atoms with E-state index in [9.17, 15) is 14.7 Å². The molecule has 35 heavy (non-hydrogen) atoms. The summed E-state index contributed by atoms with van der Waals surface area (Å²) in [6.45, 7) is 5.47. The number of benzene rings is 2. The smallest absolute Gasteiger partial charge is 0.409 e. The third-order valence-electron chi connectivity index (χ3n) is 7.35. The van der Waals surface area contributed by atoms with Crippen molar-refractivity contribution in [2.45, 2.75) is 51.6 Å². The van der Waals surface area contributed by atoms with Gasteiger partial charge in [-0.15, -0.1) is 0 Å². The van der Waals surface area contributed by atoms with Crippen molar-refractivity contribution in [1.82, 2.24) is 14.5 Å². The minimum absolute atomic E-state index is 0.216. The lowest BCUT2D eigenvalue weighted by molar-refractivity contribution is 0.0695. The third-order valence-corrected chi connectivity index (χ3v) is 7.35. The Morgan fingerprint density at radius 1 is 1.09 bits per heavy atom. The number of aromatic nitrogens is 2. The third kappa shape index (κ3) is 4.33. The monoisotopic (exact) mass is 476 g/mol. The van der Waals surface area contributed by atoms with Crippen molar-refractivity contribution < 1.29 is 19.4 Å².